The Kier molecular flexibility index (Phi) is 7.57. The summed E-state index contributed by atoms with van der Waals surface area (Å²) in [5.74, 6) is -0.549. The van der Waals surface area contributed by atoms with E-state index in [2.05, 4.69) is 45.5 Å². The molecule has 0 radical (unpaired) electrons. The average molecular weight is 434 g/mol. The zero-order valence-electron chi connectivity index (χ0n) is 18.3. The Labute approximate surface area is 187 Å². The number of aliphatic hydroxyl groups excluding tert-OH is 1. The van der Waals surface area contributed by atoms with Gasteiger partial charge in [-0.3, -0.25) is 4.79 Å². The van der Waals surface area contributed by atoms with Crippen molar-refractivity contribution < 1.29 is 19.4 Å². The van der Waals surface area contributed by atoms with Crippen LogP contribution in [0.15, 0.2) is 66.9 Å². The van der Waals surface area contributed by atoms with Crippen LogP contribution >= 0.6 is 0 Å². The number of anilines is 2. The van der Waals surface area contributed by atoms with Crippen molar-refractivity contribution in [1.82, 2.24) is 10.3 Å². The van der Waals surface area contributed by atoms with Crippen molar-refractivity contribution in [2.75, 3.05) is 12.4 Å². The minimum absolute atomic E-state index is 0.334. The number of amides is 1. The van der Waals surface area contributed by atoms with Crippen molar-refractivity contribution in [1.29, 1.82) is 0 Å². The number of carbonyl (C=O) groups excluding carboxylic acids is 2. The third kappa shape index (κ3) is 6.15. The predicted molar refractivity (Wildman–Crippen MR) is 123 cm³/mol. The van der Waals surface area contributed by atoms with Gasteiger partial charge in [-0.25, -0.2) is 9.78 Å². The Morgan fingerprint density at radius 1 is 1.06 bits per heavy atom. The van der Waals surface area contributed by atoms with E-state index in [9.17, 15) is 14.7 Å². The molecule has 0 aliphatic heterocycles. The third-order valence-corrected chi connectivity index (χ3v) is 4.94. The van der Waals surface area contributed by atoms with Gasteiger partial charge in [0.2, 0.25) is 0 Å². The lowest BCUT2D eigenvalue weighted by Gasteiger charge is -2.19. The number of aryl methyl sites for hydroxylation is 1. The number of ether oxygens (including phenoxy) is 1. The summed E-state index contributed by atoms with van der Waals surface area (Å²) in [7, 11) is 1.20. The van der Waals surface area contributed by atoms with E-state index in [-0.39, 0.29) is 0 Å². The number of aromatic nitrogens is 1. The first-order valence-electron chi connectivity index (χ1n) is 10.3. The number of methoxy groups -OCH3 is 1. The van der Waals surface area contributed by atoms with E-state index in [1.807, 2.05) is 24.3 Å². The van der Waals surface area contributed by atoms with E-state index in [0.717, 1.165) is 12.0 Å². The summed E-state index contributed by atoms with van der Waals surface area (Å²) >= 11 is 0. The van der Waals surface area contributed by atoms with E-state index < -0.39 is 24.0 Å². The fourth-order valence-electron chi connectivity index (χ4n) is 3.32. The molecule has 0 saturated carbocycles. The second-order valence-electron chi connectivity index (χ2n) is 7.64. The number of hydrogen-bond donors (Lipinski definition) is 3. The Morgan fingerprint density at radius 3 is 2.53 bits per heavy atom. The van der Waals surface area contributed by atoms with Gasteiger partial charge in [0.05, 0.1) is 13.2 Å². The Bertz CT molecular complexity index is 1100. The largest absolute Gasteiger partial charge is 0.467 e. The van der Waals surface area contributed by atoms with Crippen molar-refractivity contribution in [2.45, 2.75) is 32.4 Å². The summed E-state index contributed by atoms with van der Waals surface area (Å²) in [4.78, 5) is 28.8. The van der Waals surface area contributed by atoms with Gasteiger partial charge < -0.3 is 20.5 Å². The molecule has 2 atom stereocenters. The lowest BCUT2D eigenvalue weighted by molar-refractivity contribution is -0.145. The lowest BCUT2D eigenvalue weighted by atomic mass is 10.0. The van der Waals surface area contributed by atoms with Crippen molar-refractivity contribution in [3.05, 3.63) is 89.1 Å². The molecule has 166 valence electrons. The van der Waals surface area contributed by atoms with Crippen LogP contribution < -0.4 is 10.6 Å². The summed E-state index contributed by atoms with van der Waals surface area (Å²) in [5, 5.41) is 15.5. The number of pyridine rings is 1. The smallest absolute Gasteiger partial charge is 0.331 e. The summed E-state index contributed by atoms with van der Waals surface area (Å²) in [5.41, 5.74) is 4.55. The van der Waals surface area contributed by atoms with Crippen LogP contribution in [-0.4, -0.2) is 41.2 Å². The molecule has 1 amide bonds. The second-order valence-corrected chi connectivity index (χ2v) is 7.64. The summed E-state index contributed by atoms with van der Waals surface area (Å²) in [6.07, 6.45) is 1.44. The van der Waals surface area contributed by atoms with Crippen molar-refractivity contribution >= 4 is 23.4 Å². The molecule has 2 aromatic carbocycles. The topological polar surface area (TPSA) is 101 Å². The van der Waals surface area contributed by atoms with Crippen LogP contribution in [0.25, 0.3) is 0 Å². The van der Waals surface area contributed by atoms with E-state index in [4.69, 9.17) is 0 Å². The number of hydrogen-bond acceptors (Lipinski definition) is 6. The van der Waals surface area contributed by atoms with Gasteiger partial charge in [-0.1, -0.05) is 35.9 Å². The molecule has 0 aliphatic rings. The van der Waals surface area contributed by atoms with Gasteiger partial charge in [0.15, 0.2) is 6.04 Å². The molecule has 1 aromatic heterocycles. The molecular weight excluding hydrogens is 406 g/mol. The molecule has 0 bridgehead atoms. The summed E-state index contributed by atoms with van der Waals surface area (Å²) in [6, 6.07) is 18.0. The molecule has 0 aliphatic carbocycles. The minimum atomic E-state index is -1.15. The molecule has 7 nitrogen and oxygen atoms in total. The third-order valence-electron chi connectivity index (χ3n) is 4.94. The SMILES string of the molecule is COC(=O)[C@@H](NC(=O)c1cccc(Nc2cc(Cc3cccc(C)c3)ccn2)c1)[C@@H](C)O. The maximum absolute atomic E-state index is 12.6. The average Bonchev–Trinajstić information content (AvgIpc) is 2.77. The molecule has 0 saturated heterocycles. The van der Waals surface area contributed by atoms with Gasteiger partial charge >= 0.3 is 5.97 Å². The Morgan fingerprint density at radius 2 is 1.81 bits per heavy atom. The van der Waals surface area contributed by atoms with Gasteiger partial charge in [-0.05, 0) is 61.7 Å². The van der Waals surface area contributed by atoms with Gasteiger partial charge in [0.1, 0.15) is 5.82 Å². The highest BCUT2D eigenvalue weighted by Crippen LogP contribution is 2.19. The fourth-order valence-corrected chi connectivity index (χ4v) is 3.32. The fraction of sp³-hybridized carbons (Fsp3) is 0.240. The highest BCUT2D eigenvalue weighted by Gasteiger charge is 2.26. The zero-order valence-corrected chi connectivity index (χ0v) is 18.3. The van der Waals surface area contributed by atoms with Crippen molar-refractivity contribution in [3.8, 4) is 0 Å². The normalized spacial score (nSPS) is 12.5. The Balaban J connectivity index is 1.72. The van der Waals surface area contributed by atoms with Gasteiger partial charge in [0.25, 0.3) is 5.91 Å². The molecule has 1 heterocycles. The van der Waals surface area contributed by atoms with E-state index >= 15 is 0 Å². The van der Waals surface area contributed by atoms with E-state index in [0.29, 0.717) is 17.1 Å². The maximum Gasteiger partial charge on any atom is 0.331 e. The Hall–Kier alpha value is -3.71. The monoisotopic (exact) mass is 433 g/mol. The number of nitrogens with zero attached hydrogens (tertiary/aromatic N) is 1. The first-order chi connectivity index (χ1) is 15.4. The quantitative estimate of drug-likeness (QED) is 0.471. The predicted octanol–water partition coefficient (Wildman–Crippen LogP) is 3.38. The van der Waals surface area contributed by atoms with Gasteiger partial charge in [-0.15, -0.1) is 0 Å². The van der Waals surface area contributed by atoms with Crippen LogP contribution in [0.5, 0.6) is 0 Å². The highest BCUT2D eigenvalue weighted by molar-refractivity contribution is 5.97. The molecule has 3 aromatic rings. The van der Waals surface area contributed by atoms with Crippen LogP contribution in [0, 0.1) is 6.92 Å². The summed E-state index contributed by atoms with van der Waals surface area (Å²) in [6.45, 7) is 3.48. The number of esters is 1. The molecule has 0 unspecified atom stereocenters. The number of nitrogens with one attached hydrogen (secondary N) is 2. The van der Waals surface area contributed by atoms with E-state index in [1.165, 1.54) is 25.2 Å². The first kappa shape index (κ1) is 23.0. The molecule has 32 heavy (non-hydrogen) atoms. The molecule has 0 fully saturated rings. The van der Waals surface area contributed by atoms with Crippen LogP contribution in [-0.2, 0) is 16.0 Å². The highest BCUT2D eigenvalue weighted by atomic mass is 16.5. The molecule has 3 N–H and O–H groups in total. The van der Waals surface area contributed by atoms with Gasteiger partial charge in [-0.2, -0.15) is 0 Å². The number of aliphatic hydroxyl groups is 1. The molecule has 0 spiro atoms. The maximum atomic E-state index is 12.6. The van der Waals surface area contributed by atoms with Crippen LogP contribution in [0.3, 0.4) is 0 Å². The first-order valence-corrected chi connectivity index (χ1v) is 10.3. The standard InChI is InChI=1S/C25H27N3O4/c1-16-6-4-7-18(12-16)13-19-10-11-26-22(14-19)27-21-9-5-8-20(15-21)24(30)28-23(17(2)29)25(31)32-3/h4-12,14-15,17,23,29H,13H2,1-3H3,(H,26,27)(H,28,30)/t17-,23+/m1/s1. The van der Waals surface area contributed by atoms with E-state index in [1.54, 1.807) is 24.4 Å². The molecular formula is C25H27N3O4. The summed E-state index contributed by atoms with van der Waals surface area (Å²) < 4.78 is 4.64. The number of carbonyl (C=O) groups is 2. The molecule has 7 heteroatoms. The van der Waals surface area contributed by atoms with Crippen molar-refractivity contribution in [2.24, 2.45) is 0 Å². The minimum Gasteiger partial charge on any atom is -0.467 e. The van der Waals surface area contributed by atoms with Crippen LogP contribution in [0.2, 0.25) is 0 Å². The number of rotatable bonds is 8. The van der Waals surface area contributed by atoms with Gasteiger partial charge in [0, 0.05) is 17.4 Å². The zero-order chi connectivity index (χ0) is 23.1. The molecule has 3 rings (SSSR count). The lowest BCUT2D eigenvalue weighted by Crippen LogP contribution is -2.48. The van der Waals surface area contributed by atoms with Crippen LogP contribution in [0.4, 0.5) is 11.5 Å². The van der Waals surface area contributed by atoms with Crippen molar-refractivity contribution in [3.63, 3.8) is 0 Å². The number of benzene rings is 2. The second kappa shape index (κ2) is 10.5. The van der Waals surface area contributed by atoms with Crippen LogP contribution in [0.1, 0.15) is 34.0 Å².